The lowest BCUT2D eigenvalue weighted by Gasteiger charge is -2.44. The van der Waals surface area contributed by atoms with Gasteiger partial charge in [-0.1, -0.05) is 11.6 Å². The Balaban J connectivity index is 1.53. The number of fused-ring (bicyclic) bond motifs is 4. The van der Waals surface area contributed by atoms with Gasteiger partial charge in [-0.25, -0.2) is 4.98 Å². The molecule has 5 rings (SSSR count). The van der Waals surface area contributed by atoms with Crippen LogP contribution in [0.5, 0.6) is 0 Å². The maximum absolute atomic E-state index is 12.4. The number of carbonyl (C=O) groups excluding carboxylic acids is 1. The molecule has 3 aliphatic heterocycles. The molecule has 3 aliphatic rings. The van der Waals surface area contributed by atoms with E-state index < -0.39 is 0 Å². The highest BCUT2D eigenvalue weighted by atomic mass is 35.5. The largest absolute Gasteiger partial charge is 0.346 e. The molecule has 110 valence electrons. The highest BCUT2D eigenvalue weighted by Crippen LogP contribution is 2.27. The average molecular weight is 305 g/mol. The minimum Gasteiger partial charge on any atom is -0.346 e. The second kappa shape index (κ2) is 5.00. The minimum absolute atomic E-state index is 0.0968. The lowest BCUT2D eigenvalue weighted by atomic mass is 9.84. The highest BCUT2D eigenvalue weighted by Gasteiger charge is 2.35. The van der Waals surface area contributed by atoms with Gasteiger partial charge in [0.15, 0.2) is 0 Å². The molecule has 5 nitrogen and oxygen atoms in total. The molecular weight excluding hydrogens is 288 g/mol. The SMILES string of the molecule is O=C(N[C@H]1CN2CCC1CC2)c1cn2cc(Cl)cc2cn1. The quantitative estimate of drug-likeness (QED) is 0.920. The second-order valence-electron chi connectivity index (χ2n) is 5.98. The number of hydrogen-bond acceptors (Lipinski definition) is 3. The predicted molar refractivity (Wildman–Crippen MR) is 80.6 cm³/mol. The van der Waals surface area contributed by atoms with Gasteiger partial charge in [0.2, 0.25) is 0 Å². The Morgan fingerprint density at radius 2 is 2.14 bits per heavy atom. The first-order valence-corrected chi connectivity index (χ1v) is 7.73. The van der Waals surface area contributed by atoms with Crippen molar-refractivity contribution >= 4 is 23.0 Å². The average Bonchev–Trinajstić information content (AvgIpc) is 2.87. The van der Waals surface area contributed by atoms with Gasteiger partial charge in [-0.15, -0.1) is 0 Å². The van der Waals surface area contributed by atoms with E-state index in [0.29, 0.717) is 16.6 Å². The maximum atomic E-state index is 12.4. The molecule has 0 aliphatic carbocycles. The number of halogens is 1. The first-order chi connectivity index (χ1) is 10.2. The number of aromatic nitrogens is 2. The third-order valence-corrected chi connectivity index (χ3v) is 4.86. The molecule has 1 N–H and O–H groups in total. The maximum Gasteiger partial charge on any atom is 0.271 e. The van der Waals surface area contributed by atoms with Gasteiger partial charge < -0.3 is 14.6 Å². The van der Waals surface area contributed by atoms with E-state index in [1.807, 2.05) is 10.5 Å². The van der Waals surface area contributed by atoms with Gasteiger partial charge in [0, 0.05) is 25.0 Å². The fourth-order valence-corrected chi connectivity index (χ4v) is 3.68. The minimum atomic E-state index is -0.0968. The third kappa shape index (κ3) is 2.40. The van der Waals surface area contributed by atoms with Crippen molar-refractivity contribution in [1.29, 1.82) is 0 Å². The number of carbonyl (C=O) groups is 1. The van der Waals surface area contributed by atoms with Crippen molar-refractivity contribution < 1.29 is 4.79 Å². The molecule has 3 fully saturated rings. The Morgan fingerprint density at radius 3 is 2.86 bits per heavy atom. The smallest absolute Gasteiger partial charge is 0.271 e. The molecule has 5 heterocycles. The van der Waals surface area contributed by atoms with Crippen molar-refractivity contribution in [2.24, 2.45) is 5.92 Å². The van der Waals surface area contributed by atoms with Gasteiger partial charge in [0.25, 0.3) is 5.91 Å². The number of nitrogens with zero attached hydrogens (tertiary/aromatic N) is 3. The van der Waals surface area contributed by atoms with Gasteiger partial charge in [-0.3, -0.25) is 4.79 Å². The molecule has 0 saturated carbocycles. The summed E-state index contributed by atoms with van der Waals surface area (Å²) in [6, 6.07) is 2.08. The molecule has 0 spiro atoms. The topological polar surface area (TPSA) is 49.6 Å². The Hall–Kier alpha value is -1.59. The summed E-state index contributed by atoms with van der Waals surface area (Å²) < 4.78 is 1.83. The molecule has 21 heavy (non-hydrogen) atoms. The highest BCUT2D eigenvalue weighted by molar-refractivity contribution is 6.31. The lowest BCUT2D eigenvalue weighted by molar-refractivity contribution is 0.0617. The fraction of sp³-hybridized carbons (Fsp3) is 0.467. The number of rotatable bonds is 2. The molecule has 2 bridgehead atoms. The van der Waals surface area contributed by atoms with Crippen LogP contribution in [0.3, 0.4) is 0 Å². The summed E-state index contributed by atoms with van der Waals surface area (Å²) in [6.07, 6.45) is 7.56. The van der Waals surface area contributed by atoms with Crippen molar-refractivity contribution in [2.45, 2.75) is 18.9 Å². The van der Waals surface area contributed by atoms with Crippen LogP contribution in [-0.4, -0.2) is 45.9 Å². The molecule has 6 heteroatoms. The number of hydrogen-bond donors (Lipinski definition) is 1. The number of amides is 1. The predicted octanol–water partition coefficient (Wildman–Crippen LogP) is 1.81. The summed E-state index contributed by atoms with van der Waals surface area (Å²) in [5, 5.41) is 3.79. The van der Waals surface area contributed by atoms with Crippen LogP contribution >= 0.6 is 11.6 Å². The van der Waals surface area contributed by atoms with Crippen LogP contribution in [0.25, 0.3) is 5.52 Å². The molecule has 0 unspecified atom stereocenters. The summed E-state index contributed by atoms with van der Waals surface area (Å²) in [5.74, 6) is 0.518. The van der Waals surface area contributed by atoms with Crippen molar-refractivity contribution in [2.75, 3.05) is 19.6 Å². The molecule has 3 saturated heterocycles. The first-order valence-electron chi connectivity index (χ1n) is 7.35. The monoisotopic (exact) mass is 304 g/mol. The summed E-state index contributed by atoms with van der Waals surface area (Å²) in [5.41, 5.74) is 1.32. The molecule has 0 radical (unpaired) electrons. The van der Waals surface area contributed by atoms with Gasteiger partial charge in [-0.05, 0) is 37.9 Å². The summed E-state index contributed by atoms with van der Waals surface area (Å²) >= 11 is 5.96. The number of piperidine rings is 3. The van der Waals surface area contributed by atoms with E-state index in [9.17, 15) is 4.79 Å². The second-order valence-corrected chi connectivity index (χ2v) is 6.42. The fourth-order valence-electron chi connectivity index (χ4n) is 3.47. The molecule has 1 amide bonds. The van der Waals surface area contributed by atoms with E-state index in [-0.39, 0.29) is 11.9 Å². The molecule has 1 atom stereocenters. The third-order valence-electron chi connectivity index (χ3n) is 4.65. The lowest BCUT2D eigenvalue weighted by Crippen LogP contribution is -2.57. The van der Waals surface area contributed by atoms with Crippen LogP contribution in [-0.2, 0) is 0 Å². The summed E-state index contributed by atoms with van der Waals surface area (Å²) in [7, 11) is 0. The zero-order valence-corrected chi connectivity index (χ0v) is 12.4. The van der Waals surface area contributed by atoms with Crippen molar-refractivity contribution in [3.8, 4) is 0 Å². The van der Waals surface area contributed by atoms with Crippen LogP contribution < -0.4 is 5.32 Å². The molecule has 0 aromatic carbocycles. The van der Waals surface area contributed by atoms with Crippen LogP contribution in [0.4, 0.5) is 0 Å². The van der Waals surface area contributed by atoms with Gasteiger partial charge in [-0.2, -0.15) is 0 Å². The van der Waals surface area contributed by atoms with E-state index in [4.69, 9.17) is 11.6 Å². The van der Waals surface area contributed by atoms with Crippen molar-refractivity contribution in [1.82, 2.24) is 19.6 Å². The summed E-state index contributed by atoms with van der Waals surface area (Å²) in [4.78, 5) is 19.1. The zero-order chi connectivity index (χ0) is 14.4. The van der Waals surface area contributed by atoms with Crippen molar-refractivity contribution in [3.05, 3.63) is 35.4 Å². The van der Waals surface area contributed by atoms with E-state index in [1.165, 1.54) is 25.9 Å². The van der Waals surface area contributed by atoms with Crippen LogP contribution in [0, 0.1) is 5.92 Å². The first kappa shape index (κ1) is 13.1. The molecular formula is C15H17ClN4O. The van der Waals surface area contributed by atoms with Crippen LogP contribution in [0.15, 0.2) is 24.7 Å². The number of nitrogens with one attached hydrogen (secondary N) is 1. The van der Waals surface area contributed by atoms with Gasteiger partial charge >= 0.3 is 0 Å². The standard InChI is InChI=1S/C15H17ClN4O/c16-11-5-12-6-17-14(9-20(12)7-11)15(21)18-13-8-19-3-1-10(13)2-4-19/h5-7,9-10,13H,1-4,8H2,(H,18,21)/t13-/m0/s1. The van der Waals surface area contributed by atoms with Crippen molar-refractivity contribution in [3.63, 3.8) is 0 Å². The van der Waals surface area contributed by atoms with E-state index in [2.05, 4.69) is 15.2 Å². The Kier molecular flexibility index (Phi) is 3.12. The van der Waals surface area contributed by atoms with E-state index in [0.717, 1.165) is 12.1 Å². The van der Waals surface area contributed by atoms with Crippen LogP contribution in [0.1, 0.15) is 23.3 Å². The van der Waals surface area contributed by atoms with Gasteiger partial charge in [0.05, 0.1) is 16.7 Å². The zero-order valence-electron chi connectivity index (χ0n) is 11.6. The Bertz CT molecular complexity index is 690. The normalized spacial score (nSPS) is 28.0. The summed E-state index contributed by atoms with van der Waals surface area (Å²) in [6.45, 7) is 3.31. The van der Waals surface area contributed by atoms with Crippen LogP contribution in [0.2, 0.25) is 5.02 Å². The van der Waals surface area contributed by atoms with E-state index in [1.54, 1.807) is 18.6 Å². The Labute approximate surface area is 127 Å². The molecule has 2 aromatic rings. The molecule has 2 aromatic heterocycles. The van der Waals surface area contributed by atoms with Gasteiger partial charge in [0.1, 0.15) is 5.69 Å². The Morgan fingerprint density at radius 1 is 1.33 bits per heavy atom. The van der Waals surface area contributed by atoms with E-state index >= 15 is 0 Å².